The molecule has 0 unspecified atom stereocenters. The van der Waals surface area contributed by atoms with Gasteiger partial charge < -0.3 is 54.3 Å². The van der Waals surface area contributed by atoms with Gasteiger partial charge in [-0.1, -0.05) is 12.1 Å². The third-order valence-corrected chi connectivity index (χ3v) is 6.83. The standard InChI is InChI=1S/C30H44N2O13/c1-29(2,3)44-27(39)31-18(14-16-9-11-17(12-10-16)42-28(40)45-30(4,5)6)24(36)32-13-7-8-19(32)25(37)41-15-20-21(33)22(34)23(35)26(38)43-20/h9-12,18-23,26,33-35,38H,7-8,13-15H2,1-6H3,(H,31,39)/t18-,19-,20+,21+,22-,23+,26-/m0/s1. The van der Waals surface area contributed by atoms with E-state index in [0.29, 0.717) is 12.0 Å². The number of aliphatic hydroxyl groups is 4. The lowest BCUT2D eigenvalue weighted by Gasteiger charge is -2.38. The highest BCUT2D eigenvalue weighted by Crippen LogP contribution is 2.24. The van der Waals surface area contributed by atoms with Gasteiger partial charge in [-0.3, -0.25) is 4.79 Å². The molecule has 1 aromatic carbocycles. The van der Waals surface area contributed by atoms with E-state index >= 15 is 0 Å². The number of nitrogens with one attached hydrogen (secondary N) is 1. The van der Waals surface area contributed by atoms with Crippen LogP contribution in [0.2, 0.25) is 0 Å². The van der Waals surface area contributed by atoms with Gasteiger partial charge in [0.1, 0.15) is 60.1 Å². The number of hydrogen-bond donors (Lipinski definition) is 5. The van der Waals surface area contributed by atoms with Crippen molar-refractivity contribution in [1.29, 1.82) is 0 Å². The molecule has 5 N–H and O–H groups in total. The van der Waals surface area contributed by atoms with Crippen molar-refractivity contribution < 1.29 is 63.3 Å². The van der Waals surface area contributed by atoms with E-state index < -0.39 is 84.7 Å². The van der Waals surface area contributed by atoms with Gasteiger partial charge in [0.2, 0.25) is 5.91 Å². The average molecular weight is 641 g/mol. The van der Waals surface area contributed by atoms with Crippen LogP contribution in [0.25, 0.3) is 0 Å². The normalized spacial score (nSPS) is 26.0. The van der Waals surface area contributed by atoms with Crippen LogP contribution >= 0.6 is 0 Å². The monoisotopic (exact) mass is 640 g/mol. The molecular weight excluding hydrogens is 596 g/mol. The molecule has 2 saturated heterocycles. The van der Waals surface area contributed by atoms with Crippen LogP contribution in [0.15, 0.2) is 24.3 Å². The summed E-state index contributed by atoms with van der Waals surface area (Å²) in [5, 5.41) is 42.0. The second-order valence-corrected chi connectivity index (χ2v) is 13.0. The van der Waals surface area contributed by atoms with Crippen molar-refractivity contribution >= 4 is 24.1 Å². The lowest BCUT2D eigenvalue weighted by atomic mass is 9.99. The minimum absolute atomic E-state index is 0.00325. The molecule has 3 rings (SSSR count). The van der Waals surface area contributed by atoms with Crippen LogP contribution in [0.1, 0.15) is 59.9 Å². The Morgan fingerprint density at radius 3 is 2.16 bits per heavy atom. The molecule has 2 aliphatic heterocycles. The number of alkyl carbamates (subject to hydrolysis) is 1. The first-order valence-corrected chi connectivity index (χ1v) is 14.7. The van der Waals surface area contributed by atoms with Gasteiger partial charge >= 0.3 is 18.2 Å². The molecule has 2 heterocycles. The van der Waals surface area contributed by atoms with E-state index in [-0.39, 0.29) is 25.1 Å². The maximum absolute atomic E-state index is 13.8. The molecule has 0 spiro atoms. The lowest BCUT2D eigenvalue weighted by molar-refractivity contribution is -0.287. The molecule has 0 radical (unpaired) electrons. The maximum atomic E-state index is 13.8. The molecule has 0 saturated carbocycles. The number of amides is 2. The summed E-state index contributed by atoms with van der Waals surface area (Å²) in [5.41, 5.74) is -0.986. The molecule has 2 aliphatic rings. The Morgan fingerprint density at radius 2 is 1.56 bits per heavy atom. The van der Waals surface area contributed by atoms with Crippen molar-refractivity contribution in [2.45, 2.75) is 115 Å². The zero-order valence-electron chi connectivity index (χ0n) is 26.3. The minimum atomic E-state index is -1.80. The van der Waals surface area contributed by atoms with E-state index in [1.807, 2.05) is 0 Å². The quantitative estimate of drug-likeness (QED) is 0.151. The number of hydrogen-bond acceptors (Lipinski definition) is 13. The smallest absolute Gasteiger partial charge is 0.461 e. The van der Waals surface area contributed by atoms with Gasteiger partial charge in [-0.25, -0.2) is 14.4 Å². The third-order valence-electron chi connectivity index (χ3n) is 6.83. The first-order valence-electron chi connectivity index (χ1n) is 14.7. The van der Waals surface area contributed by atoms with Gasteiger partial charge in [-0.15, -0.1) is 0 Å². The summed E-state index contributed by atoms with van der Waals surface area (Å²) in [6.45, 7) is 9.76. The van der Waals surface area contributed by atoms with E-state index in [1.54, 1.807) is 53.7 Å². The second-order valence-electron chi connectivity index (χ2n) is 13.0. The number of likely N-dealkylation sites (tertiary alicyclic amines) is 1. The Morgan fingerprint density at radius 1 is 0.933 bits per heavy atom. The molecule has 15 heteroatoms. The van der Waals surface area contributed by atoms with Crippen LogP contribution in [0, 0.1) is 0 Å². The van der Waals surface area contributed by atoms with E-state index in [4.69, 9.17) is 23.7 Å². The molecular formula is C30H44N2O13. The van der Waals surface area contributed by atoms with E-state index in [1.165, 1.54) is 17.0 Å². The molecule has 0 aliphatic carbocycles. The van der Waals surface area contributed by atoms with Gasteiger partial charge in [0, 0.05) is 13.0 Å². The zero-order valence-corrected chi connectivity index (χ0v) is 26.3. The average Bonchev–Trinajstić information content (AvgIpc) is 3.41. The van der Waals surface area contributed by atoms with Crippen molar-refractivity contribution in [3.63, 3.8) is 0 Å². The number of carbonyl (C=O) groups is 4. The highest BCUT2D eigenvalue weighted by Gasteiger charge is 2.44. The van der Waals surface area contributed by atoms with Crippen LogP contribution in [-0.4, -0.2) is 117 Å². The largest absolute Gasteiger partial charge is 0.514 e. The summed E-state index contributed by atoms with van der Waals surface area (Å²) in [7, 11) is 0. The Bertz CT molecular complexity index is 1190. The number of benzene rings is 1. The fourth-order valence-electron chi connectivity index (χ4n) is 4.75. The molecule has 1 aromatic rings. The van der Waals surface area contributed by atoms with Crippen LogP contribution in [0.4, 0.5) is 9.59 Å². The topological polar surface area (TPSA) is 211 Å². The minimum Gasteiger partial charge on any atom is -0.461 e. The summed E-state index contributed by atoms with van der Waals surface area (Å²) in [6, 6.07) is 4.08. The predicted molar refractivity (Wildman–Crippen MR) is 155 cm³/mol. The summed E-state index contributed by atoms with van der Waals surface area (Å²) in [6.07, 6.45) is -9.21. The van der Waals surface area contributed by atoms with Crippen molar-refractivity contribution in [2.75, 3.05) is 13.2 Å². The third kappa shape index (κ3) is 10.5. The van der Waals surface area contributed by atoms with E-state index in [9.17, 15) is 39.6 Å². The number of ether oxygens (including phenoxy) is 5. The molecule has 7 atom stereocenters. The van der Waals surface area contributed by atoms with Gasteiger partial charge in [0.05, 0.1) is 0 Å². The van der Waals surface area contributed by atoms with Crippen LogP contribution in [0.5, 0.6) is 5.75 Å². The van der Waals surface area contributed by atoms with Gasteiger partial charge in [-0.2, -0.15) is 0 Å². The summed E-state index contributed by atoms with van der Waals surface area (Å²) in [5.74, 6) is -1.18. The Labute approximate surface area is 261 Å². The molecule has 2 fully saturated rings. The van der Waals surface area contributed by atoms with E-state index in [0.717, 1.165) is 0 Å². The van der Waals surface area contributed by atoms with Crippen molar-refractivity contribution in [1.82, 2.24) is 10.2 Å². The van der Waals surface area contributed by atoms with Gasteiger partial charge in [0.25, 0.3) is 0 Å². The molecule has 15 nitrogen and oxygen atoms in total. The number of aliphatic hydroxyl groups excluding tert-OH is 4. The first-order chi connectivity index (χ1) is 20.8. The van der Waals surface area contributed by atoms with E-state index in [2.05, 4.69) is 5.32 Å². The van der Waals surface area contributed by atoms with Gasteiger partial charge in [0.15, 0.2) is 6.29 Å². The summed E-state index contributed by atoms with van der Waals surface area (Å²) < 4.78 is 26.0. The number of nitrogens with zero attached hydrogens (tertiary/aromatic N) is 1. The molecule has 252 valence electrons. The molecule has 0 aromatic heterocycles. The highest BCUT2D eigenvalue weighted by molar-refractivity contribution is 5.90. The SMILES string of the molecule is CC(C)(C)OC(=O)N[C@@H](Cc1ccc(OC(=O)OC(C)(C)C)cc1)C(=O)N1CCC[C@H]1C(=O)OC[C@H]1O[C@H](O)[C@H](O)[C@@H](O)[C@@H]1O. The van der Waals surface area contributed by atoms with Crippen molar-refractivity contribution in [3.05, 3.63) is 29.8 Å². The Balaban J connectivity index is 1.71. The lowest BCUT2D eigenvalue weighted by Crippen LogP contribution is -2.59. The molecule has 0 bridgehead atoms. The van der Waals surface area contributed by atoms with Gasteiger partial charge in [-0.05, 0) is 72.1 Å². The number of rotatable bonds is 8. The van der Waals surface area contributed by atoms with Crippen LogP contribution in [0.3, 0.4) is 0 Å². The number of esters is 1. The molecule has 2 amide bonds. The Hall–Kier alpha value is -3.50. The second kappa shape index (κ2) is 14.7. The summed E-state index contributed by atoms with van der Waals surface area (Å²) >= 11 is 0. The highest BCUT2D eigenvalue weighted by atomic mass is 16.7. The van der Waals surface area contributed by atoms with Crippen molar-refractivity contribution in [3.8, 4) is 5.75 Å². The fraction of sp³-hybridized carbons (Fsp3) is 0.667. The Kier molecular flexibility index (Phi) is 11.8. The van der Waals surface area contributed by atoms with Crippen LogP contribution in [-0.2, 0) is 35.0 Å². The van der Waals surface area contributed by atoms with Crippen molar-refractivity contribution in [2.24, 2.45) is 0 Å². The number of carbonyl (C=O) groups excluding carboxylic acids is 4. The fourth-order valence-corrected chi connectivity index (χ4v) is 4.75. The predicted octanol–water partition coefficient (Wildman–Crippen LogP) is 0.770. The summed E-state index contributed by atoms with van der Waals surface area (Å²) in [4.78, 5) is 52.8. The molecule has 45 heavy (non-hydrogen) atoms. The maximum Gasteiger partial charge on any atom is 0.514 e. The first kappa shape index (κ1) is 36.0. The zero-order chi connectivity index (χ0) is 33.7. The van der Waals surface area contributed by atoms with Crippen LogP contribution < -0.4 is 10.1 Å².